The van der Waals surface area contributed by atoms with Gasteiger partial charge in [0.1, 0.15) is 12.4 Å². The third-order valence-corrected chi connectivity index (χ3v) is 5.15. The fraction of sp³-hybridized carbons (Fsp3) is 0.625. The second kappa shape index (κ2) is 8.63. The van der Waals surface area contributed by atoms with Gasteiger partial charge in [-0.25, -0.2) is 13.6 Å². The summed E-state index contributed by atoms with van der Waals surface area (Å²) in [6, 6.07) is 6.22. The molecule has 0 saturated carbocycles. The van der Waals surface area contributed by atoms with E-state index in [-0.39, 0.29) is 4.90 Å². The van der Waals surface area contributed by atoms with Crippen molar-refractivity contribution < 1.29 is 13.2 Å². The molecule has 0 atom stereocenters. The molecule has 0 unspecified atom stereocenters. The summed E-state index contributed by atoms with van der Waals surface area (Å²) in [7, 11) is -3.64. The smallest absolute Gasteiger partial charge is 0.238 e. The Bertz CT molecular complexity index is 567. The predicted molar refractivity (Wildman–Crippen MR) is 91.0 cm³/mol. The predicted octanol–water partition coefficient (Wildman–Crippen LogP) is 1.03. The lowest BCUT2D eigenvalue weighted by Gasteiger charge is -2.31. The molecule has 1 saturated heterocycles. The molecule has 3 N–H and O–H groups in total. The van der Waals surface area contributed by atoms with Gasteiger partial charge in [0, 0.05) is 6.54 Å². The van der Waals surface area contributed by atoms with Crippen LogP contribution >= 0.6 is 0 Å². The topological polar surface area (TPSA) is 84.7 Å². The van der Waals surface area contributed by atoms with E-state index in [9.17, 15) is 8.42 Å². The van der Waals surface area contributed by atoms with Gasteiger partial charge in [0.15, 0.2) is 0 Å². The summed E-state index contributed by atoms with van der Waals surface area (Å²) < 4.78 is 28.0. The van der Waals surface area contributed by atoms with Crippen LogP contribution in [0, 0.1) is 5.92 Å². The van der Waals surface area contributed by atoms with E-state index in [0.717, 1.165) is 38.6 Å². The molecule has 1 aromatic rings. The zero-order valence-corrected chi connectivity index (χ0v) is 14.5. The van der Waals surface area contributed by atoms with Crippen LogP contribution in [0.2, 0.25) is 0 Å². The Kier molecular flexibility index (Phi) is 6.83. The number of hydrogen-bond acceptors (Lipinski definition) is 5. The molecule has 23 heavy (non-hydrogen) atoms. The molecule has 0 spiro atoms. The molecule has 1 aliphatic rings. The van der Waals surface area contributed by atoms with Gasteiger partial charge in [-0.15, -0.1) is 0 Å². The van der Waals surface area contributed by atoms with E-state index in [4.69, 9.17) is 9.88 Å². The number of piperidine rings is 1. The van der Waals surface area contributed by atoms with E-state index in [1.165, 1.54) is 25.0 Å². The number of ether oxygens (including phenoxy) is 1. The lowest BCUT2D eigenvalue weighted by Crippen LogP contribution is -2.39. The van der Waals surface area contributed by atoms with Crippen LogP contribution in [0.4, 0.5) is 0 Å². The van der Waals surface area contributed by atoms with E-state index in [1.807, 2.05) is 0 Å². The number of nitrogens with two attached hydrogens (primary N) is 1. The van der Waals surface area contributed by atoms with Gasteiger partial charge in [-0.1, -0.05) is 6.92 Å². The molecule has 6 nitrogen and oxygen atoms in total. The van der Waals surface area contributed by atoms with Crippen LogP contribution in [0.15, 0.2) is 29.2 Å². The van der Waals surface area contributed by atoms with Crippen molar-refractivity contribution in [2.24, 2.45) is 11.1 Å². The fourth-order valence-electron chi connectivity index (χ4n) is 2.78. The minimum Gasteiger partial charge on any atom is -0.492 e. The van der Waals surface area contributed by atoms with E-state index in [1.54, 1.807) is 12.1 Å². The molecule has 2 rings (SSSR count). The third kappa shape index (κ3) is 6.10. The van der Waals surface area contributed by atoms with E-state index >= 15 is 0 Å². The van der Waals surface area contributed by atoms with Gasteiger partial charge in [-0.05, 0) is 69.2 Å². The normalized spacial score (nSPS) is 17.3. The maximum Gasteiger partial charge on any atom is 0.238 e. The van der Waals surface area contributed by atoms with Crippen LogP contribution < -0.4 is 15.2 Å². The highest BCUT2D eigenvalue weighted by Gasteiger charge is 2.18. The number of rotatable bonds is 8. The average Bonchev–Trinajstić information content (AvgIpc) is 2.54. The molecule has 1 heterocycles. The molecule has 0 amide bonds. The molecule has 0 radical (unpaired) electrons. The lowest BCUT2D eigenvalue weighted by molar-refractivity contribution is 0.154. The van der Waals surface area contributed by atoms with Crippen LogP contribution in [0.3, 0.4) is 0 Å². The summed E-state index contributed by atoms with van der Waals surface area (Å²) in [6.07, 6.45) is 2.46. The van der Waals surface area contributed by atoms with Crippen LogP contribution in [0.25, 0.3) is 0 Å². The third-order valence-electron chi connectivity index (χ3n) is 4.22. The quantitative estimate of drug-likeness (QED) is 0.738. The van der Waals surface area contributed by atoms with Crippen molar-refractivity contribution in [2.75, 3.05) is 39.3 Å². The number of hydrogen-bond donors (Lipinski definition) is 2. The summed E-state index contributed by atoms with van der Waals surface area (Å²) >= 11 is 0. The summed E-state index contributed by atoms with van der Waals surface area (Å²) in [6.45, 7) is 8.03. The first-order valence-electron chi connectivity index (χ1n) is 8.17. The van der Waals surface area contributed by atoms with Crippen LogP contribution in [-0.4, -0.2) is 52.6 Å². The monoisotopic (exact) mass is 341 g/mol. The Hall–Kier alpha value is -1.15. The van der Waals surface area contributed by atoms with Gasteiger partial charge in [-0.3, -0.25) is 4.90 Å². The molecular formula is C16H27N3O3S. The lowest BCUT2D eigenvalue weighted by atomic mass is 9.97. The largest absolute Gasteiger partial charge is 0.492 e. The van der Waals surface area contributed by atoms with Crippen molar-refractivity contribution >= 4 is 10.0 Å². The fourth-order valence-corrected chi connectivity index (χ4v) is 3.30. The molecule has 1 aromatic carbocycles. The number of nitrogens with one attached hydrogen (secondary N) is 1. The summed E-state index contributed by atoms with van der Waals surface area (Å²) in [5.41, 5.74) is 0. The van der Waals surface area contributed by atoms with Gasteiger partial charge in [-0.2, -0.15) is 0 Å². The standard InChI is InChI=1S/C16H27N3O3S/c1-2-18-13-14-7-9-19(10-8-14)11-12-22-15-3-5-16(6-4-15)23(17,20)21/h3-6,14,18H,2,7-13H2,1H3,(H2,17,20,21). The van der Waals surface area contributed by atoms with E-state index < -0.39 is 10.0 Å². The maximum absolute atomic E-state index is 11.2. The van der Waals surface area contributed by atoms with Crippen molar-refractivity contribution in [3.05, 3.63) is 24.3 Å². The van der Waals surface area contributed by atoms with Gasteiger partial charge in [0.25, 0.3) is 0 Å². The first kappa shape index (κ1) is 18.2. The number of nitrogens with zero attached hydrogens (tertiary/aromatic N) is 1. The Morgan fingerprint density at radius 3 is 2.48 bits per heavy atom. The molecule has 1 aliphatic heterocycles. The molecular weight excluding hydrogens is 314 g/mol. The summed E-state index contributed by atoms with van der Waals surface area (Å²) in [4.78, 5) is 2.52. The number of sulfonamides is 1. The van der Waals surface area contributed by atoms with Crippen molar-refractivity contribution in [3.8, 4) is 5.75 Å². The molecule has 0 aliphatic carbocycles. The van der Waals surface area contributed by atoms with Crippen molar-refractivity contribution in [1.29, 1.82) is 0 Å². The van der Waals surface area contributed by atoms with Crippen molar-refractivity contribution in [1.82, 2.24) is 10.2 Å². The molecule has 1 fully saturated rings. The van der Waals surface area contributed by atoms with E-state index in [2.05, 4.69) is 17.1 Å². The number of likely N-dealkylation sites (tertiary alicyclic amines) is 1. The van der Waals surface area contributed by atoms with Gasteiger partial charge in [0.2, 0.25) is 10.0 Å². The molecule has 0 aromatic heterocycles. The highest BCUT2D eigenvalue weighted by molar-refractivity contribution is 7.89. The highest BCUT2D eigenvalue weighted by Crippen LogP contribution is 2.17. The Labute approximate surface area is 139 Å². The first-order chi connectivity index (χ1) is 11.0. The van der Waals surface area contributed by atoms with Crippen molar-refractivity contribution in [3.63, 3.8) is 0 Å². The minimum atomic E-state index is -3.64. The van der Waals surface area contributed by atoms with Gasteiger partial charge < -0.3 is 10.1 Å². The molecule has 7 heteroatoms. The number of primary sulfonamides is 1. The van der Waals surface area contributed by atoms with E-state index in [0.29, 0.717) is 12.4 Å². The Balaban J connectivity index is 1.68. The maximum atomic E-state index is 11.2. The first-order valence-corrected chi connectivity index (χ1v) is 9.72. The SMILES string of the molecule is CCNCC1CCN(CCOc2ccc(S(N)(=O)=O)cc2)CC1. The minimum absolute atomic E-state index is 0.104. The van der Waals surface area contributed by atoms with Crippen LogP contribution in [0.5, 0.6) is 5.75 Å². The number of benzene rings is 1. The van der Waals surface area contributed by atoms with Gasteiger partial charge in [0.05, 0.1) is 4.90 Å². The average molecular weight is 341 g/mol. The zero-order chi connectivity index (χ0) is 16.7. The Morgan fingerprint density at radius 1 is 1.26 bits per heavy atom. The Morgan fingerprint density at radius 2 is 1.91 bits per heavy atom. The van der Waals surface area contributed by atoms with Crippen LogP contribution in [0.1, 0.15) is 19.8 Å². The summed E-state index contributed by atoms with van der Waals surface area (Å²) in [5.74, 6) is 1.46. The molecule has 130 valence electrons. The van der Waals surface area contributed by atoms with Gasteiger partial charge >= 0.3 is 0 Å². The summed E-state index contributed by atoms with van der Waals surface area (Å²) in [5, 5.41) is 8.48. The second-order valence-corrected chi connectivity index (χ2v) is 7.52. The highest BCUT2D eigenvalue weighted by atomic mass is 32.2. The zero-order valence-electron chi connectivity index (χ0n) is 13.7. The molecule has 0 bridgehead atoms. The van der Waals surface area contributed by atoms with Crippen LogP contribution in [-0.2, 0) is 10.0 Å². The second-order valence-electron chi connectivity index (χ2n) is 5.96. The van der Waals surface area contributed by atoms with Crippen molar-refractivity contribution in [2.45, 2.75) is 24.7 Å².